The quantitative estimate of drug-likeness (QED) is 0.889. The van der Waals surface area contributed by atoms with Crippen LogP contribution in [0.1, 0.15) is 44.1 Å². The molecule has 21 heavy (non-hydrogen) atoms. The van der Waals surface area contributed by atoms with Crippen LogP contribution in [0.3, 0.4) is 0 Å². The minimum atomic E-state index is -0.259. The third-order valence-electron chi connectivity index (χ3n) is 4.90. The molecular formula is C17H24ClFN2. The van der Waals surface area contributed by atoms with E-state index in [-0.39, 0.29) is 5.82 Å². The Labute approximate surface area is 131 Å². The zero-order valence-electron chi connectivity index (χ0n) is 12.5. The Morgan fingerprint density at radius 3 is 2.76 bits per heavy atom. The number of nitrogens with one attached hydrogen (secondary N) is 1. The number of hydrogen-bond donors (Lipinski definition) is 1. The fraction of sp³-hybridized carbons (Fsp3) is 0.647. The molecule has 0 aromatic heterocycles. The molecule has 116 valence electrons. The van der Waals surface area contributed by atoms with Crippen LogP contribution in [0.5, 0.6) is 0 Å². The molecule has 1 aliphatic carbocycles. The smallest absolute Gasteiger partial charge is 0.124 e. The summed E-state index contributed by atoms with van der Waals surface area (Å²) in [6.45, 7) is 4.10. The molecule has 0 radical (unpaired) electrons. The third kappa shape index (κ3) is 3.77. The number of nitrogens with zero attached hydrogens (tertiary/aromatic N) is 1. The molecule has 2 fully saturated rings. The van der Waals surface area contributed by atoms with Gasteiger partial charge in [0.2, 0.25) is 0 Å². The molecule has 1 heterocycles. The molecule has 1 saturated carbocycles. The minimum absolute atomic E-state index is 0.259. The normalized spacial score (nSPS) is 23.1. The van der Waals surface area contributed by atoms with E-state index in [0.717, 1.165) is 31.7 Å². The maximum Gasteiger partial charge on any atom is 0.124 e. The number of rotatable bonds is 2. The van der Waals surface area contributed by atoms with Crippen molar-refractivity contribution in [2.75, 3.05) is 19.6 Å². The van der Waals surface area contributed by atoms with Crippen LogP contribution < -0.4 is 5.32 Å². The van der Waals surface area contributed by atoms with E-state index in [1.807, 2.05) is 6.07 Å². The summed E-state index contributed by atoms with van der Waals surface area (Å²) in [6, 6.07) is 4.75. The van der Waals surface area contributed by atoms with E-state index in [2.05, 4.69) is 10.2 Å². The molecule has 0 unspecified atom stereocenters. The molecule has 2 aliphatic rings. The maximum absolute atomic E-state index is 13.2. The second-order valence-corrected chi connectivity index (χ2v) is 6.97. The average Bonchev–Trinajstić information content (AvgIpc) is 2.65. The molecule has 0 bridgehead atoms. The summed E-state index contributed by atoms with van der Waals surface area (Å²) in [7, 11) is 0. The monoisotopic (exact) mass is 310 g/mol. The van der Waals surface area contributed by atoms with Gasteiger partial charge >= 0.3 is 0 Å². The Kier molecular flexibility index (Phi) is 4.82. The summed E-state index contributed by atoms with van der Waals surface area (Å²) in [5.41, 5.74) is 1.33. The highest BCUT2D eigenvalue weighted by Crippen LogP contribution is 2.31. The van der Waals surface area contributed by atoms with E-state index in [4.69, 9.17) is 11.6 Å². The van der Waals surface area contributed by atoms with E-state index in [1.165, 1.54) is 50.7 Å². The Morgan fingerprint density at radius 1 is 1.19 bits per heavy atom. The lowest BCUT2D eigenvalue weighted by Gasteiger charge is -2.40. The van der Waals surface area contributed by atoms with Gasteiger partial charge in [0.25, 0.3) is 0 Å². The summed E-state index contributed by atoms with van der Waals surface area (Å²) in [6.07, 6.45) is 7.76. The van der Waals surface area contributed by atoms with Crippen LogP contribution in [-0.4, -0.2) is 30.1 Å². The first-order valence-electron chi connectivity index (χ1n) is 8.08. The molecule has 1 spiro atoms. The van der Waals surface area contributed by atoms with Crippen LogP contribution in [0.25, 0.3) is 0 Å². The highest BCUT2D eigenvalue weighted by molar-refractivity contribution is 6.31. The number of hydrogen-bond acceptors (Lipinski definition) is 2. The Bertz CT molecular complexity index is 486. The van der Waals surface area contributed by atoms with Crippen molar-refractivity contribution in [3.8, 4) is 0 Å². The van der Waals surface area contributed by atoms with Crippen molar-refractivity contribution >= 4 is 11.6 Å². The Morgan fingerprint density at radius 2 is 2.00 bits per heavy atom. The molecule has 1 aromatic carbocycles. The van der Waals surface area contributed by atoms with Crippen molar-refractivity contribution in [3.63, 3.8) is 0 Å². The molecule has 4 heteroatoms. The first-order valence-corrected chi connectivity index (χ1v) is 8.46. The largest absolute Gasteiger partial charge is 0.310 e. The predicted molar refractivity (Wildman–Crippen MR) is 85.1 cm³/mol. The first kappa shape index (κ1) is 15.3. The van der Waals surface area contributed by atoms with Crippen molar-refractivity contribution in [1.82, 2.24) is 10.2 Å². The molecule has 1 saturated heterocycles. The number of benzene rings is 1. The van der Waals surface area contributed by atoms with Crippen LogP contribution in [-0.2, 0) is 6.54 Å². The lowest BCUT2D eigenvalue weighted by molar-refractivity contribution is 0.159. The Hall–Kier alpha value is -0.640. The van der Waals surface area contributed by atoms with Crippen molar-refractivity contribution < 1.29 is 4.39 Å². The molecule has 1 aromatic rings. The average molecular weight is 311 g/mol. The first-order chi connectivity index (χ1) is 10.2. The zero-order chi connectivity index (χ0) is 14.7. The van der Waals surface area contributed by atoms with Gasteiger partial charge < -0.3 is 5.32 Å². The summed E-state index contributed by atoms with van der Waals surface area (Å²) < 4.78 is 13.2. The second-order valence-electron chi connectivity index (χ2n) is 6.57. The van der Waals surface area contributed by atoms with Gasteiger partial charge in [-0.15, -0.1) is 0 Å². The molecule has 0 amide bonds. The topological polar surface area (TPSA) is 15.3 Å². The van der Waals surface area contributed by atoms with Gasteiger partial charge in [0.1, 0.15) is 5.82 Å². The molecule has 2 nitrogen and oxygen atoms in total. The van der Waals surface area contributed by atoms with Crippen molar-refractivity contribution in [2.45, 2.75) is 50.6 Å². The maximum atomic E-state index is 13.2. The van der Waals surface area contributed by atoms with Gasteiger partial charge in [-0.05, 0) is 50.0 Å². The van der Waals surface area contributed by atoms with Gasteiger partial charge in [-0.1, -0.05) is 36.9 Å². The molecule has 1 aliphatic heterocycles. The van der Waals surface area contributed by atoms with Gasteiger partial charge in [-0.3, -0.25) is 4.90 Å². The van der Waals surface area contributed by atoms with Crippen LogP contribution in [0, 0.1) is 5.82 Å². The van der Waals surface area contributed by atoms with Gasteiger partial charge in [-0.25, -0.2) is 4.39 Å². The Balaban J connectivity index is 1.71. The van der Waals surface area contributed by atoms with Crippen LogP contribution in [0.2, 0.25) is 5.02 Å². The zero-order valence-corrected chi connectivity index (χ0v) is 13.3. The second kappa shape index (κ2) is 6.64. The minimum Gasteiger partial charge on any atom is -0.310 e. The van der Waals surface area contributed by atoms with E-state index < -0.39 is 0 Å². The van der Waals surface area contributed by atoms with Gasteiger partial charge in [-0.2, -0.15) is 0 Å². The van der Waals surface area contributed by atoms with E-state index >= 15 is 0 Å². The van der Waals surface area contributed by atoms with Gasteiger partial charge in [0.15, 0.2) is 0 Å². The molecule has 3 rings (SSSR count). The van der Waals surface area contributed by atoms with Crippen molar-refractivity contribution in [3.05, 3.63) is 34.6 Å². The van der Waals surface area contributed by atoms with Crippen LogP contribution in [0.15, 0.2) is 18.2 Å². The van der Waals surface area contributed by atoms with E-state index in [0.29, 0.717) is 10.6 Å². The molecule has 1 N–H and O–H groups in total. The third-order valence-corrected chi connectivity index (χ3v) is 5.25. The predicted octanol–water partition coefficient (Wildman–Crippen LogP) is 3.98. The highest BCUT2D eigenvalue weighted by atomic mass is 35.5. The lowest BCUT2D eigenvalue weighted by atomic mass is 9.81. The fourth-order valence-corrected chi connectivity index (χ4v) is 4.04. The SMILES string of the molecule is Fc1ccc(CN2CCCNC3(CCCCC3)C2)c(Cl)c1. The molecule has 0 atom stereocenters. The summed E-state index contributed by atoms with van der Waals surface area (Å²) in [5, 5.41) is 4.35. The summed E-state index contributed by atoms with van der Waals surface area (Å²) in [5.74, 6) is -0.259. The van der Waals surface area contributed by atoms with Gasteiger partial charge in [0.05, 0.1) is 0 Å². The van der Waals surface area contributed by atoms with Crippen LogP contribution in [0.4, 0.5) is 4.39 Å². The highest BCUT2D eigenvalue weighted by Gasteiger charge is 2.34. The fourth-order valence-electron chi connectivity index (χ4n) is 3.81. The van der Waals surface area contributed by atoms with Gasteiger partial charge in [0, 0.05) is 23.7 Å². The van der Waals surface area contributed by atoms with Crippen molar-refractivity contribution in [2.24, 2.45) is 0 Å². The standard InChI is InChI=1S/C17H24ClFN2/c18-16-11-15(19)6-5-14(16)12-21-10-4-9-20-17(13-21)7-2-1-3-8-17/h5-6,11,20H,1-4,7-10,12-13H2. The van der Waals surface area contributed by atoms with Crippen molar-refractivity contribution in [1.29, 1.82) is 0 Å². The van der Waals surface area contributed by atoms with Crippen LogP contribution >= 0.6 is 11.6 Å². The summed E-state index contributed by atoms with van der Waals surface area (Å²) >= 11 is 6.18. The van der Waals surface area contributed by atoms with E-state index in [9.17, 15) is 4.39 Å². The lowest BCUT2D eigenvalue weighted by Crippen LogP contribution is -2.52. The van der Waals surface area contributed by atoms with E-state index in [1.54, 1.807) is 0 Å². The number of halogens is 2. The molecular weight excluding hydrogens is 287 g/mol. The summed E-state index contributed by atoms with van der Waals surface area (Å²) in [4.78, 5) is 2.49.